The molecular weight excluding hydrogens is 995 g/mol. The number of pyridine rings is 3. The number of nitrogens with zero attached hydrogens (tertiary/aromatic N) is 9. The van der Waals surface area contributed by atoms with Gasteiger partial charge in [0.25, 0.3) is 0 Å². The predicted molar refractivity (Wildman–Crippen MR) is 214 cm³/mol. The molecule has 0 aliphatic carbocycles. The molecule has 0 aliphatic heterocycles. The van der Waals surface area contributed by atoms with Crippen LogP contribution in [-0.4, -0.2) is 52.4 Å². The van der Waals surface area contributed by atoms with E-state index in [9.17, 15) is 51.8 Å². The van der Waals surface area contributed by atoms with Crippen molar-refractivity contribution in [2.45, 2.75) is 75.3 Å². The topological polar surface area (TPSA) is 89.0 Å². The zero-order valence-corrected chi connectivity index (χ0v) is 39.1. The van der Waals surface area contributed by atoms with Gasteiger partial charge >= 0.3 is 54.2 Å². The van der Waals surface area contributed by atoms with Crippen LogP contribution in [0.4, 0.5) is 51.8 Å². The van der Waals surface area contributed by atoms with E-state index in [-0.39, 0.29) is 17.1 Å². The molecule has 0 aromatic carbocycles. The number of aromatic nitrogens is 9. The predicted octanol–water partition coefficient (Wildman–Crippen LogP) is 8.84. The molecule has 0 N–H and O–H groups in total. The Morgan fingerprint density at radius 2 is 0.508 bits per heavy atom. The monoisotopic (exact) mass is 1030 g/mol. The number of rotatable bonds is 3. The van der Waals surface area contributed by atoms with Crippen LogP contribution < -0.4 is 13.7 Å². The van der Waals surface area contributed by atoms with Crippen LogP contribution in [-0.2, 0) is 55.0 Å². The minimum atomic E-state index is -6.00. The first-order valence-electron chi connectivity index (χ1n) is 16.4. The van der Waals surface area contributed by atoms with Crippen molar-refractivity contribution in [1.82, 2.24) is 30.6 Å². The molecule has 6 heterocycles. The first kappa shape index (κ1) is 57.7. The van der Waals surface area contributed by atoms with E-state index in [1.165, 1.54) is 50.7 Å². The molecule has 31 heteroatoms. The summed E-state index contributed by atoms with van der Waals surface area (Å²) in [6.07, 6.45) is 0. The van der Waals surface area contributed by atoms with Crippen molar-refractivity contribution in [2.75, 3.05) is 0 Å². The summed E-state index contributed by atoms with van der Waals surface area (Å²) < 4.78 is 125. The second kappa shape index (κ2) is 25.1. The largest absolute Gasteiger partial charge is 3.00 e. The van der Waals surface area contributed by atoms with Gasteiger partial charge in [0.15, 0.2) is 0 Å². The zero-order chi connectivity index (χ0) is 46.5. The van der Waals surface area contributed by atoms with Crippen LogP contribution in [0.5, 0.6) is 0 Å². The second-order valence-electron chi connectivity index (χ2n) is 12.0. The average Bonchev–Trinajstić information content (AvgIpc) is 3.75. The maximum atomic E-state index is 9.75. The fourth-order valence-corrected chi connectivity index (χ4v) is 8.00. The van der Waals surface area contributed by atoms with E-state index in [1.54, 1.807) is 0 Å². The van der Waals surface area contributed by atoms with Crippen molar-refractivity contribution in [3.05, 3.63) is 87.3 Å². The van der Waals surface area contributed by atoms with Gasteiger partial charge in [0.2, 0.25) is 0 Å². The minimum absolute atomic E-state index is 0. The van der Waals surface area contributed by atoms with Gasteiger partial charge in [0, 0.05) is 13.0 Å². The Morgan fingerprint density at radius 1 is 0.361 bits per heavy atom. The van der Waals surface area contributed by atoms with E-state index in [0.717, 1.165) is 49.6 Å². The fraction of sp³-hybridized carbons (Fsp3) is 0.300. The molecule has 0 fully saturated rings. The van der Waals surface area contributed by atoms with Gasteiger partial charge in [-0.05, 0) is 115 Å². The van der Waals surface area contributed by atoms with Gasteiger partial charge in [-0.2, -0.15) is 0 Å². The first-order chi connectivity index (χ1) is 27.2. The second-order valence-corrected chi connectivity index (χ2v) is 16.8. The summed E-state index contributed by atoms with van der Waals surface area (Å²) in [6, 6.07) is 12.7. The van der Waals surface area contributed by atoms with Crippen molar-refractivity contribution in [3.8, 4) is 15.4 Å². The molecule has 0 aliphatic rings. The molecule has 0 bridgehead atoms. The standard InChI is InChI=1S/3C10H11N3S2.3BF4.Fe/c3*1-6-4-7(2)13(8(3)5-6)9-11-12-10(14)15-9;3*2-1(3,4)5;/h3*4-5H,1-3H3;;;;/q;;;3*-1;+3. The Morgan fingerprint density at radius 3 is 0.623 bits per heavy atom. The zero-order valence-electron chi connectivity index (χ0n) is 33.1. The van der Waals surface area contributed by atoms with E-state index < -0.39 is 21.8 Å². The minimum Gasteiger partial charge on any atom is -0.418 e. The van der Waals surface area contributed by atoms with E-state index in [2.05, 4.69) is 143 Å². The molecule has 0 saturated heterocycles. The van der Waals surface area contributed by atoms with Crippen LogP contribution in [0.2, 0.25) is 0 Å². The van der Waals surface area contributed by atoms with Crippen LogP contribution in [0.1, 0.15) is 50.9 Å². The molecular formula is C30H33B3F12FeN9S6. The van der Waals surface area contributed by atoms with Crippen molar-refractivity contribution in [1.29, 1.82) is 0 Å². The van der Waals surface area contributed by atoms with Gasteiger partial charge in [-0.15, -0.1) is 0 Å². The number of hydrogen-bond acceptors (Lipinski definition) is 12. The Hall–Kier alpha value is -3.34. The SMILES string of the molecule is Cc1cc(C)[n+](-c2nnc([S-])s2)c(C)c1.Cc1cc(C)[n+](-c2nnc([S-])s2)c(C)c1.Cc1cc(C)[n+](-c2nnc([S-])s2)c(C)c1.F[B-](F)(F)F.F[B-](F)(F)F.F[B-](F)(F)F.[Fe+3]. The molecule has 6 aromatic rings. The molecule has 0 atom stereocenters. The molecule has 0 amide bonds. The van der Waals surface area contributed by atoms with E-state index >= 15 is 0 Å². The summed E-state index contributed by atoms with van der Waals surface area (Å²) in [5, 5.41) is 26.3. The molecule has 0 spiro atoms. The van der Waals surface area contributed by atoms with E-state index in [0.29, 0.717) is 13.0 Å². The van der Waals surface area contributed by atoms with Crippen molar-refractivity contribution < 1.29 is 82.6 Å². The van der Waals surface area contributed by atoms with Crippen LogP contribution in [0, 0.1) is 62.3 Å². The molecule has 0 unspecified atom stereocenters. The summed E-state index contributed by atoms with van der Waals surface area (Å²) in [5.74, 6) is 0. The summed E-state index contributed by atoms with van der Waals surface area (Å²) in [5.41, 5.74) is 10.7. The molecule has 6 rings (SSSR count). The maximum absolute atomic E-state index is 9.75. The molecule has 6 aromatic heterocycles. The quantitative estimate of drug-likeness (QED) is 0.0748. The maximum Gasteiger partial charge on any atom is 3.00 e. The third-order valence-electron chi connectivity index (χ3n) is 6.50. The third kappa shape index (κ3) is 24.2. The molecule has 0 saturated carbocycles. The van der Waals surface area contributed by atoms with Gasteiger partial charge in [-0.3, -0.25) is 34.0 Å². The van der Waals surface area contributed by atoms with Crippen LogP contribution >= 0.6 is 34.0 Å². The van der Waals surface area contributed by atoms with Crippen LogP contribution in [0.25, 0.3) is 15.4 Å². The smallest absolute Gasteiger partial charge is 0.418 e. The van der Waals surface area contributed by atoms with Gasteiger partial charge in [0.1, 0.15) is 34.2 Å². The Kier molecular flexibility index (Phi) is 23.7. The van der Waals surface area contributed by atoms with Gasteiger partial charge in [-0.1, -0.05) is 15.3 Å². The van der Waals surface area contributed by atoms with Gasteiger partial charge in [-0.25, -0.2) is 13.7 Å². The van der Waals surface area contributed by atoms with Crippen LogP contribution in [0.15, 0.2) is 49.4 Å². The van der Waals surface area contributed by atoms with Gasteiger partial charge in [0.05, 0.1) is 15.3 Å². The summed E-state index contributed by atoms with van der Waals surface area (Å²) in [4.78, 5) is 0. The molecule has 335 valence electrons. The molecule has 61 heavy (non-hydrogen) atoms. The number of halogens is 12. The Labute approximate surface area is 382 Å². The average molecular weight is 1030 g/mol. The number of hydrogen-bond donors (Lipinski definition) is 0. The first-order valence-corrected chi connectivity index (χ1v) is 20.0. The van der Waals surface area contributed by atoms with Gasteiger partial charge < -0.3 is 89.7 Å². The molecule has 9 nitrogen and oxygen atoms in total. The third-order valence-corrected chi connectivity index (χ3v) is 9.60. The number of aryl methyl sites for hydroxylation is 9. The van der Waals surface area contributed by atoms with Crippen LogP contribution in [0.3, 0.4) is 0 Å². The fourth-order valence-electron chi connectivity index (χ4n) is 5.11. The molecule has 1 radical (unpaired) electrons. The normalized spacial score (nSPS) is 10.8. The van der Waals surface area contributed by atoms with Crippen molar-refractivity contribution in [2.24, 2.45) is 0 Å². The van der Waals surface area contributed by atoms with E-state index in [4.69, 9.17) is 37.9 Å². The van der Waals surface area contributed by atoms with Crippen molar-refractivity contribution >= 4 is 93.7 Å². The van der Waals surface area contributed by atoms with Crippen molar-refractivity contribution in [3.63, 3.8) is 0 Å². The Bertz CT molecular complexity index is 1970. The summed E-state index contributed by atoms with van der Waals surface area (Å²) in [6.45, 7) is 18.6. The summed E-state index contributed by atoms with van der Waals surface area (Å²) in [7, 11) is -18.0. The van der Waals surface area contributed by atoms with E-state index in [1.807, 2.05) is 0 Å². The Balaban J connectivity index is 0.000000755. The summed E-state index contributed by atoms with van der Waals surface area (Å²) >= 11 is 19.2.